The minimum Gasteiger partial charge on any atom is -0.388 e. The zero-order chi connectivity index (χ0) is 13.7. The fourth-order valence-electron chi connectivity index (χ4n) is 2.03. The number of pyridine rings is 1. The number of thiol groups is 1. The van der Waals surface area contributed by atoms with E-state index in [4.69, 9.17) is 11.1 Å². The molecular weight excluding hydrogens is 258 g/mol. The van der Waals surface area contributed by atoms with Crippen LogP contribution in [-0.2, 0) is 0 Å². The van der Waals surface area contributed by atoms with E-state index in [1.54, 1.807) is 6.20 Å². The lowest BCUT2D eigenvalue weighted by molar-refractivity contribution is 0.420. The topological polar surface area (TPSA) is 86.8 Å². The Morgan fingerprint density at radius 3 is 2.89 bits per heavy atom. The normalized spacial score (nSPS) is 17.2. The summed E-state index contributed by atoms with van der Waals surface area (Å²) in [4.78, 5) is 4.69. The Morgan fingerprint density at radius 2 is 2.26 bits per heavy atom. The number of allylic oxidation sites excluding steroid dienone is 1. The summed E-state index contributed by atoms with van der Waals surface area (Å²) in [5.41, 5.74) is 7.26. The van der Waals surface area contributed by atoms with Crippen LogP contribution >= 0.6 is 12.6 Å². The van der Waals surface area contributed by atoms with Gasteiger partial charge in [-0.2, -0.15) is 0 Å². The lowest BCUT2D eigenvalue weighted by Crippen LogP contribution is -2.37. The third-order valence-electron chi connectivity index (χ3n) is 3.20. The minimum atomic E-state index is 0.405. The number of nitrogen functional groups attached to an aromatic ring is 1. The lowest BCUT2D eigenvalue weighted by Gasteiger charge is -2.23. The van der Waals surface area contributed by atoms with Gasteiger partial charge < -0.3 is 21.8 Å². The summed E-state index contributed by atoms with van der Waals surface area (Å²) in [5.74, 6) is 0.405. The molecule has 0 amide bonds. The number of nitrogens with two attached hydrogens (primary N) is 1. The molecule has 5 nitrogen and oxygen atoms in total. The zero-order valence-electron chi connectivity index (χ0n) is 10.7. The molecule has 1 aromatic heterocycles. The molecule has 5 N–H and O–H groups in total. The number of nitrogens with zero attached hydrogens (tertiary/aromatic N) is 1. The highest BCUT2D eigenvalue weighted by molar-refractivity contribution is 7.80. The molecule has 2 heterocycles. The van der Waals surface area contributed by atoms with Crippen molar-refractivity contribution in [2.45, 2.75) is 23.8 Å². The molecule has 102 valence electrons. The summed E-state index contributed by atoms with van der Waals surface area (Å²) in [7, 11) is 0. The largest absolute Gasteiger partial charge is 0.388 e. The molecule has 6 heteroatoms. The summed E-state index contributed by atoms with van der Waals surface area (Å²) in [6, 6.07) is 2.29. The van der Waals surface area contributed by atoms with Crippen molar-refractivity contribution >= 4 is 30.2 Å². The monoisotopic (exact) mass is 277 g/mol. The molecule has 0 spiro atoms. The van der Waals surface area contributed by atoms with Crippen LogP contribution < -0.4 is 16.4 Å². The molecule has 0 bridgehead atoms. The zero-order valence-corrected chi connectivity index (χ0v) is 11.6. The first kappa shape index (κ1) is 13.9. The maximum Gasteiger partial charge on any atom is 0.136 e. The van der Waals surface area contributed by atoms with E-state index < -0.39 is 0 Å². The minimum absolute atomic E-state index is 0.405. The second-order valence-corrected chi connectivity index (χ2v) is 5.05. The van der Waals surface area contributed by atoms with Gasteiger partial charge in [0.05, 0.1) is 0 Å². The Labute approximate surface area is 118 Å². The number of anilines is 1. The second kappa shape index (κ2) is 6.58. The van der Waals surface area contributed by atoms with Gasteiger partial charge in [-0.05, 0) is 32.0 Å². The van der Waals surface area contributed by atoms with Gasteiger partial charge in [0.25, 0.3) is 0 Å². The van der Waals surface area contributed by atoms with Gasteiger partial charge in [-0.25, -0.2) is 4.98 Å². The van der Waals surface area contributed by atoms with Crippen LogP contribution in [0.5, 0.6) is 0 Å². The Hall–Kier alpha value is -1.53. The van der Waals surface area contributed by atoms with Crippen LogP contribution in [0.15, 0.2) is 23.4 Å². The number of hydrogen-bond acceptors (Lipinski definition) is 6. The van der Waals surface area contributed by atoms with Crippen LogP contribution in [0.25, 0.3) is 5.57 Å². The fraction of sp³-hybridized carbons (Fsp3) is 0.385. The summed E-state index contributed by atoms with van der Waals surface area (Å²) >= 11 is 4.25. The second-order valence-electron chi connectivity index (χ2n) is 4.56. The molecule has 0 aliphatic carbocycles. The number of rotatable bonds is 4. The highest BCUT2D eigenvalue weighted by Crippen LogP contribution is 2.19. The molecular formula is C13H19N5S. The molecule has 0 radical (unpaired) electrons. The van der Waals surface area contributed by atoms with Crippen LogP contribution in [0, 0.1) is 5.41 Å². The number of aromatic nitrogens is 1. The van der Waals surface area contributed by atoms with Crippen molar-refractivity contribution in [2.75, 3.05) is 18.8 Å². The van der Waals surface area contributed by atoms with Crippen molar-refractivity contribution in [1.82, 2.24) is 15.6 Å². The number of piperidine rings is 1. The van der Waals surface area contributed by atoms with Crippen molar-refractivity contribution < 1.29 is 0 Å². The lowest BCUT2D eigenvalue weighted by atomic mass is 10.1. The quantitative estimate of drug-likeness (QED) is 0.424. The van der Waals surface area contributed by atoms with Crippen molar-refractivity contribution in [1.29, 1.82) is 5.41 Å². The first-order chi connectivity index (χ1) is 9.20. The van der Waals surface area contributed by atoms with Crippen molar-refractivity contribution in [2.24, 2.45) is 0 Å². The first-order valence-electron chi connectivity index (χ1n) is 6.33. The van der Waals surface area contributed by atoms with Crippen LogP contribution in [0.1, 0.15) is 18.4 Å². The van der Waals surface area contributed by atoms with Gasteiger partial charge in [-0.3, -0.25) is 0 Å². The smallest absolute Gasteiger partial charge is 0.136 e. The molecule has 1 saturated heterocycles. The van der Waals surface area contributed by atoms with Crippen LogP contribution in [0.4, 0.5) is 5.82 Å². The van der Waals surface area contributed by atoms with E-state index in [-0.39, 0.29) is 0 Å². The average molecular weight is 277 g/mol. The van der Waals surface area contributed by atoms with Gasteiger partial charge >= 0.3 is 0 Å². The maximum absolute atomic E-state index is 7.51. The highest BCUT2D eigenvalue weighted by Gasteiger charge is 2.11. The summed E-state index contributed by atoms with van der Waals surface area (Å²) in [6.07, 6.45) is 7.05. The van der Waals surface area contributed by atoms with E-state index >= 15 is 0 Å². The molecule has 1 aliphatic heterocycles. The summed E-state index contributed by atoms with van der Waals surface area (Å²) in [5, 5.41) is 14.2. The third kappa shape index (κ3) is 3.71. The van der Waals surface area contributed by atoms with Crippen molar-refractivity contribution in [3.05, 3.63) is 24.0 Å². The van der Waals surface area contributed by atoms with Crippen molar-refractivity contribution in [3.63, 3.8) is 0 Å². The predicted octanol–water partition coefficient (Wildman–Crippen LogP) is 1.28. The standard InChI is InChI=1S/C13H19N5S/c14-6-10(8-17-11-1-3-16-4-2-11)9-5-12(19)13(15)18-7-9/h5-8,11,14,16-17,19H,1-4H2,(H2,15,18)/b10-8+,14-6?. The van der Waals surface area contributed by atoms with Gasteiger partial charge in [0.1, 0.15) is 5.82 Å². The molecule has 2 rings (SSSR count). The molecule has 0 atom stereocenters. The highest BCUT2D eigenvalue weighted by atomic mass is 32.1. The Bertz CT molecular complexity index is 480. The van der Waals surface area contributed by atoms with Crippen LogP contribution in [0.2, 0.25) is 0 Å². The summed E-state index contributed by atoms with van der Waals surface area (Å²) < 4.78 is 0. The van der Waals surface area contributed by atoms with Gasteiger partial charge in [0.2, 0.25) is 0 Å². The van der Waals surface area contributed by atoms with E-state index in [1.807, 2.05) is 12.3 Å². The molecule has 1 fully saturated rings. The fourth-order valence-corrected chi connectivity index (χ4v) is 2.22. The SMILES string of the molecule is N=C/C(=C\NC1CCNCC1)c1cnc(N)c(S)c1. The molecule has 0 saturated carbocycles. The predicted molar refractivity (Wildman–Crippen MR) is 81.7 cm³/mol. The van der Waals surface area contributed by atoms with E-state index in [0.29, 0.717) is 16.8 Å². The molecule has 1 aromatic rings. The van der Waals surface area contributed by atoms with Crippen LogP contribution in [-0.4, -0.2) is 30.3 Å². The Kier molecular flexibility index (Phi) is 4.81. The molecule has 19 heavy (non-hydrogen) atoms. The molecule has 0 unspecified atom stereocenters. The Balaban J connectivity index is 2.09. The van der Waals surface area contributed by atoms with E-state index in [2.05, 4.69) is 28.2 Å². The first-order valence-corrected chi connectivity index (χ1v) is 6.77. The maximum atomic E-state index is 7.51. The molecule has 0 aromatic carbocycles. The van der Waals surface area contributed by atoms with Gasteiger partial charge in [-0.15, -0.1) is 12.6 Å². The third-order valence-corrected chi connectivity index (χ3v) is 3.56. The Morgan fingerprint density at radius 1 is 1.53 bits per heavy atom. The van der Waals surface area contributed by atoms with Gasteiger partial charge in [-0.1, -0.05) is 0 Å². The van der Waals surface area contributed by atoms with E-state index in [1.165, 1.54) is 6.21 Å². The van der Waals surface area contributed by atoms with Crippen molar-refractivity contribution in [3.8, 4) is 0 Å². The van der Waals surface area contributed by atoms with E-state index in [9.17, 15) is 0 Å². The average Bonchev–Trinajstić information content (AvgIpc) is 2.44. The van der Waals surface area contributed by atoms with Gasteiger partial charge in [0.15, 0.2) is 0 Å². The molecule has 1 aliphatic rings. The number of nitrogens with one attached hydrogen (secondary N) is 3. The van der Waals surface area contributed by atoms with Gasteiger partial charge in [0, 0.05) is 40.7 Å². The number of hydrogen-bond donors (Lipinski definition) is 5. The van der Waals surface area contributed by atoms with Crippen LogP contribution in [0.3, 0.4) is 0 Å². The van der Waals surface area contributed by atoms with E-state index in [0.717, 1.165) is 37.1 Å². The summed E-state index contributed by atoms with van der Waals surface area (Å²) in [6.45, 7) is 2.07.